The zero-order chi connectivity index (χ0) is 18.8. The maximum Gasteiger partial charge on any atom is 0.324 e. The molecule has 0 aliphatic carbocycles. The van der Waals surface area contributed by atoms with Crippen LogP contribution in [0.15, 0.2) is 34.9 Å². The summed E-state index contributed by atoms with van der Waals surface area (Å²) >= 11 is 7.41. The average molecular weight is 405 g/mol. The van der Waals surface area contributed by atoms with Crippen LogP contribution < -0.4 is 10.2 Å². The van der Waals surface area contributed by atoms with Gasteiger partial charge in [0.2, 0.25) is 5.13 Å². The molecule has 0 spiro atoms. The topological polar surface area (TPSA) is 87.4 Å². The van der Waals surface area contributed by atoms with E-state index in [1.54, 1.807) is 11.8 Å². The largest absolute Gasteiger partial charge is 0.343 e. The maximum atomic E-state index is 12.4. The standard InChI is InChI=1S/C17H17ClN6O2S/c1-11-13(18)15(26-21-11)20-16(25)23-7-9-24(10-8-23)17-19-14(22-27-17)12-5-3-2-4-6-12/h2-6H,7-10H2,1H3,(H,20,25). The van der Waals surface area contributed by atoms with Crippen molar-refractivity contribution in [1.82, 2.24) is 19.4 Å². The molecule has 0 saturated carbocycles. The van der Waals surface area contributed by atoms with E-state index in [1.165, 1.54) is 11.5 Å². The van der Waals surface area contributed by atoms with E-state index in [0.29, 0.717) is 36.9 Å². The van der Waals surface area contributed by atoms with Gasteiger partial charge in [-0.3, -0.25) is 5.32 Å². The predicted octanol–water partition coefficient (Wildman–Crippen LogP) is 3.51. The van der Waals surface area contributed by atoms with Gasteiger partial charge in [0.15, 0.2) is 5.82 Å². The van der Waals surface area contributed by atoms with Crippen LogP contribution in [0.5, 0.6) is 0 Å². The summed E-state index contributed by atoms with van der Waals surface area (Å²) < 4.78 is 9.47. The van der Waals surface area contributed by atoms with E-state index in [4.69, 9.17) is 16.1 Å². The van der Waals surface area contributed by atoms with Gasteiger partial charge in [-0.25, -0.2) is 4.79 Å². The Bertz CT molecular complexity index is 936. The lowest BCUT2D eigenvalue weighted by Gasteiger charge is -2.34. The van der Waals surface area contributed by atoms with Crippen LogP contribution in [0.2, 0.25) is 5.02 Å². The Balaban J connectivity index is 1.36. The van der Waals surface area contributed by atoms with E-state index >= 15 is 0 Å². The number of hydrogen-bond acceptors (Lipinski definition) is 7. The van der Waals surface area contributed by atoms with E-state index in [2.05, 4.69) is 24.7 Å². The maximum absolute atomic E-state index is 12.4. The molecule has 4 rings (SSSR count). The number of carbonyl (C=O) groups is 1. The first-order valence-corrected chi connectivity index (χ1v) is 9.59. The van der Waals surface area contributed by atoms with Crippen LogP contribution in [0.25, 0.3) is 11.4 Å². The number of halogens is 1. The molecule has 1 aliphatic heterocycles. The van der Waals surface area contributed by atoms with Crippen LogP contribution in [0.4, 0.5) is 15.8 Å². The number of nitrogens with zero attached hydrogens (tertiary/aromatic N) is 5. The van der Waals surface area contributed by atoms with Crippen LogP contribution in [-0.4, -0.2) is 51.6 Å². The molecule has 140 valence electrons. The highest BCUT2D eigenvalue weighted by Crippen LogP contribution is 2.26. The molecule has 2 amide bonds. The van der Waals surface area contributed by atoms with Gasteiger partial charge in [-0.1, -0.05) is 47.1 Å². The van der Waals surface area contributed by atoms with Gasteiger partial charge >= 0.3 is 6.03 Å². The van der Waals surface area contributed by atoms with E-state index in [1.807, 2.05) is 30.3 Å². The first-order chi connectivity index (χ1) is 13.1. The molecule has 3 aromatic rings. The number of amides is 2. The van der Waals surface area contributed by atoms with E-state index in [9.17, 15) is 4.79 Å². The van der Waals surface area contributed by atoms with Gasteiger partial charge in [-0.2, -0.15) is 9.36 Å². The number of piperazine rings is 1. The molecule has 2 aromatic heterocycles. The third-order valence-electron chi connectivity index (χ3n) is 4.30. The van der Waals surface area contributed by atoms with Gasteiger partial charge in [0.05, 0.1) is 0 Å². The minimum atomic E-state index is -0.255. The van der Waals surface area contributed by atoms with E-state index in [-0.39, 0.29) is 11.9 Å². The van der Waals surface area contributed by atoms with Crippen LogP contribution in [0.1, 0.15) is 5.69 Å². The van der Waals surface area contributed by atoms with Crippen molar-refractivity contribution in [3.05, 3.63) is 41.0 Å². The summed E-state index contributed by atoms with van der Waals surface area (Å²) in [5, 5.41) is 7.58. The summed E-state index contributed by atoms with van der Waals surface area (Å²) in [6.07, 6.45) is 0. The molecule has 0 atom stereocenters. The van der Waals surface area contributed by atoms with E-state index < -0.39 is 0 Å². The zero-order valence-electron chi connectivity index (χ0n) is 14.6. The first kappa shape index (κ1) is 17.7. The van der Waals surface area contributed by atoms with Crippen molar-refractivity contribution in [2.45, 2.75) is 6.92 Å². The predicted molar refractivity (Wildman–Crippen MR) is 104 cm³/mol. The Kier molecular flexibility index (Phi) is 4.95. The van der Waals surface area contributed by atoms with Crippen LogP contribution in [0, 0.1) is 6.92 Å². The summed E-state index contributed by atoms with van der Waals surface area (Å²) in [6.45, 7) is 4.21. The van der Waals surface area contributed by atoms with Crippen LogP contribution in [0.3, 0.4) is 0 Å². The number of anilines is 2. The number of urea groups is 1. The molecular weight excluding hydrogens is 388 g/mol. The van der Waals surface area contributed by atoms with E-state index in [0.717, 1.165) is 16.5 Å². The molecule has 1 aliphatic rings. The average Bonchev–Trinajstić information content (AvgIpc) is 3.32. The number of nitrogens with one attached hydrogen (secondary N) is 1. The minimum absolute atomic E-state index is 0.179. The highest BCUT2D eigenvalue weighted by molar-refractivity contribution is 7.09. The number of aromatic nitrogens is 3. The van der Waals surface area contributed by atoms with Crippen LogP contribution in [-0.2, 0) is 0 Å². The second kappa shape index (κ2) is 7.53. The monoisotopic (exact) mass is 404 g/mol. The fourth-order valence-electron chi connectivity index (χ4n) is 2.76. The number of hydrogen-bond donors (Lipinski definition) is 1. The smallest absolute Gasteiger partial charge is 0.324 e. The molecule has 10 heteroatoms. The van der Waals surface area contributed by atoms with Crippen molar-refractivity contribution in [2.24, 2.45) is 0 Å². The van der Waals surface area contributed by atoms with Gasteiger partial charge in [0.1, 0.15) is 10.7 Å². The number of aryl methyl sites for hydroxylation is 1. The summed E-state index contributed by atoms with van der Waals surface area (Å²) in [7, 11) is 0. The van der Waals surface area contributed by atoms with Crippen molar-refractivity contribution < 1.29 is 9.32 Å². The minimum Gasteiger partial charge on any atom is -0.343 e. The third-order valence-corrected chi connectivity index (χ3v) is 5.52. The van der Waals surface area contributed by atoms with Crippen molar-refractivity contribution in [3.8, 4) is 11.4 Å². The SMILES string of the molecule is Cc1noc(NC(=O)N2CCN(c3nc(-c4ccccc4)ns3)CC2)c1Cl. The fraction of sp³-hybridized carbons (Fsp3) is 0.294. The Morgan fingerprint density at radius 3 is 2.63 bits per heavy atom. The molecule has 0 radical (unpaired) electrons. The second-order valence-electron chi connectivity index (χ2n) is 6.08. The van der Waals surface area contributed by atoms with Gasteiger partial charge < -0.3 is 14.3 Å². The van der Waals surface area contributed by atoms with Gasteiger partial charge in [-0.15, -0.1) is 0 Å². The van der Waals surface area contributed by atoms with Crippen molar-refractivity contribution in [1.29, 1.82) is 0 Å². The Labute approximate surface area is 164 Å². The molecule has 1 saturated heterocycles. The second-order valence-corrected chi connectivity index (χ2v) is 7.19. The summed E-state index contributed by atoms with van der Waals surface area (Å²) in [6, 6.07) is 9.63. The molecule has 27 heavy (non-hydrogen) atoms. The van der Waals surface area contributed by atoms with Gasteiger partial charge in [0.25, 0.3) is 5.88 Å². The lowest BCUT2D eigenvalue weighted by atomic mass is 10.2. The van der Waals surface area contributed by atoms with Crippen molar-refractivity contribution in [3.63, 3.8) is 0 Å². The Morgan fingerprint density at radius 2 is 1.96 bits per heavy atom. The number of rotatable bonds is 3. The fourth-order valence-corrected chi connectivity index (χ4v) is 3.62. The summed E-state index contributed by atoms with van der Waals surface area (Å²) in [5.74, 6) is 0.907. The van der Waals surface area contributed by atoms with Gasteiger partial charge in [-0.05, 0) is 6.92 Å². The highest BCUT2D eigenvalue weighted by atomic mass is 35.5. The normalized spacial score (nSPS) is 14.4. The molecular formula is C17H17ClN6O2S. The lowest BCUT2D eigenvalue weighted by Crippen LogP contribution is -2.50. The summed E-state index contributed by atoms with van der Waals surface area (Å²) in [4.78, 5) is 20.9. The third kappa shape index (κ3) is 3.74. The summed E-state index contributed by atoms with van der Waals surface area (Å²) in [5.41, 5.74) is 1.54. The molecule has 0 unspecified atom stereocenters. The van der Waals surface area contributed by atoms with Crippen molar-refractivity contribution >= 4 is 40.2 Å². The Morgan fingerprint density at radius 1 is 1.22 bits per heavy atom. The van der Waals surface area contributed by atoms with Crippen molar-refractivity contribution in [2.75, 3.05) is 36.4 Å². The first-order valence-electron chi connectivity index (χ1n) is 8.43. The Hall–Kier alpha value is -2.65. The lowest BCUT2D eigenvalue weighted by molar-refractivity contribution is 0.207. The molecule has 1 fully saturated rings. The van der Waals surface area contributed by atoms with Gasteiger partial charge in [0, 0.05) is 43.3 Å². The van der Waals surface area contributed by atoms with Crippen LogP contribution >= 0.6 is 23.1 Å². The molecule has 3 heterocycles. The number of carbonyl (C=O) groups excluding carboxylic acids is 1. The molecule has 0 bridgehead atoms. The zero-order valence-corrected chi connectivity index (χ0v) is 16.1. The molecule has 1 aromatic carbocycles. The quantitative estimate of drug-likeness (QED) is 0.718. The molecule has 1 N–H and O–H groups in total. The molecule has 8 nitrogen and oxygen atoms in total. The highest BCUT2D eigenvalue weighted by Gasteiger charge is 2.25. The number of benzene rings is 1.